The molecule has 0 spiro atoms. The molecule has 0 saturated carbocycles. The van der Waals surface area contributed by atoms with Crippen molar-refractivity contribution in [3.05, 3.63) is 82.4 Å². The van der Waals surface area contributed by atoms with Gasteiger partial charge < -0.3 is 9.69 Å². The van der Waals surface area contributed by atoms with Gasteiger partial charge in [0.05, 0.1) is 11.5 Å². The molecular formula is C27H31Cl2NO2. The number of aldehydes is 1. The van der Waals surface area contributed by atoms with Crippen molar-refractivity contribution >= 4 is 35.4 Å². The molecule has 5 heteroatoms. The highest BCUT2D eigenvalue weighted by molar-refractivity contribution is 6.30. The summed E-state index contributed by atoms with van der Waals surface area (Å²) in [5, 5.41) is 1.31. The number of rotatable bonds is 8. The standard InChI is InChI=1S/C27H31Cl2NO2/c1-5-14-27(4)16-23(20-8-7-9-22(29)15-20)25(19-10-12-21(28)13-11-19)30(26(27)32)24(6-2)18(3)17-31/h5,7-13,15,17-18,23-25H,1,6,14,16H2,2-4H3/t18-,23+,24-,25+,27-/m0/s1. The van der Waals surface area contributed by atoms with Crippen LogP contribution in [-0.2, 0) is 9.59 Å². The van der Waals surface area contributed by atoms with Gasteiger partial charge in [-0.1, -0.05) is 74.3 Å². The molecule has 2 aromatic rings. The van der Waals surface area contributed by atoms with E-state index in [1.165, 1.54) is 0 Å². The van der Waals surface area contributed by atoms with Crippen LogP contribution in [0.3, 0.4) is 0 Å². The van der Waals surface area contributed by atoms with Crippen LogP contribution in [0, 0.1) is 11.3 Å². The van der Waals surface area contributed by atoms with Crippen LogP contribution in [0.1, 0.15) is 63.1 Å². The zero-order chi connectivity index (χ0) is 23.5. The van der Waals surface area contributed by atoms with Gasteiger partial charge in [0.2, 0.25) is 5.91 Å². The van der Waals surface area contributed by atoms with Crippen molar-refractivity contribution in [3.8, 4) is 0 Å². The molecule has 170 valence electrons. The first kappa shape index (κ1) is 24.5. The van der Waals surface area contributed by atoms with Crippen LogP contribution in [0.2, 0.25) is 10.0 Å². The van der Waals surface area contributed by atoms with Gasteiger partial charge in [0.1, 0.15) is 6.29 Å². The number of carbonyl (C=O) groups is 2. The van der Waals surface area contributed by atoms with Crippen LogP contribution in [0.4, 0.5) is 0 Å². The van der Waals surface area contributed by atoms with E-state index in [0.717, 1.165) is 17.4 Å². The van der Waals surface area contributed by atoms with Gasteiger partial charge in [-0.25, -0.2) is 0 Å². The minimum absolute atomic E-state index is 0.00503. The van der Waals surface area contributed by atoms with Gasteiger partial charge in [0.25, 0.3) is 0 Å². The number of halogens is 2. The summed E-state index contributed by atoms with van der Waals surface area (Å²) in [5.74, 6) is -0.216. The van der Waals surface area contributed by atoms with E-state index in [2.05, 4.69) is 12.6 Å². The lowest BCUT2D eigenvalue weighted by molar-refractivity contribution is -0.156. The average molecular weight is 472 g/mol. The molecule has 2 aromatic carbocycles. The lowest BCUT2D eigenvalue weighted by atomic mass is 9.66. The normalized spacial score (nSPS) is 25.3. The fourth-order valence-electron chi connectivity index (χ4n) is 5.17. The van der Waals surface area contributed by atoms with Crippen molar-refractivity contribution in [2.75, 3.05) is 0 Å². The second-order valence-electron chi connectivity index (χ2n) is 9.10. The lowest BCUT2D eigenvalue weighted by Crippen LogP contribution is -2.57. The summed E-state index contributed by atoms with van der Waals surface area (Å²) in [4.78, 5) is 27.9. The van der Waals surface area contributed by atoms with Gasteiger partial charge in [-0.3, -0.25) is 4.79 Å². The minimum Gasteiger partial charge on any atom is -0.331 e. The van der Waals surface area contributed by atoms with Gasteiger partial charge in [-0.05, 0) is 54.7 Å². The molecule has 0 aliphatic carbocycles. The number of carbonyl (C=O) groups excluding carboxylic acids is 2. The number of hydrogen-bond acceptors (Lipinski definition) is 2. The maximum absolute atomic E-state index is 14.1. The Bertz CT molecular complexity index is 974. The van der Waals surface area contributed by atoms with Crippen LogP contribution >= 0.6 is 23.2 Å². The van der Waals surface area contributed by atoms with Crippen LogP contribution in [0.25, 0.3) is 0 Å². The number of piperidine rings is 1. The third kappa shape index (κ3) is 4.79. The van der Waals surface area contributed by atoms with Crippen LogP contribution in [0.15, 0.2) is 61.2 Å². The van der Waals surface area contributed by atoms with E-state index in [9.17, 15) is 9.59 Å². The molecule has 0 radical (unpaired) electrons. The Balaban J connectivity index is 2.26. The molecule has 1 aliphatic rings. The molecule has 1 saturated heterocycles. The highest BCUT2D eigenvalue weighted by atomic mass is 35.5. The SMILES string of the molecule is C=CC[C@@]1(C)C[C@H](c2cccc(Cl)c2)[C@@H](c2ccc(Cl)cc2)N([C@@H](CC)[C@@H](C)C=O)C1=O. The molecule has 0 N–H and O–H groups in total. The molecule has 3 nitrogen and oxygen atoms in total. The summed E-state index contributed by atoms with van der Waals surface area (Å²) in [6, 6.07) is 15.1. The van der Waals surface area contributed by atoms with Crippen molar-refractivity contribution in [3.63, 3.8) is 0 Å². The molecule has 0 bridgehead atoms. The second-order valence-corrected chi connectivity index (χ2v) is 9.97. The van der Waals surface area contributed by atoms with E-state index in [4.69, 9.17) is 23.2 Å². The summed E-state index contributed by atoms with van der Waals surface area (Å²) in [6.45, 7) is 9.85. The number of amides is 1. The lowest BCUT2D eigenvalue weighted by Gasteiger charge is -2.52. The number of hydrogen-bond donors (Lipinski definition) is 0. The van der Waals surface area contributed by atoms with Gasteiger partial charge in [0.15, 0.2) is 0 Å². The Morgan fingerprint density at radius 2 is 1.84 bits per heavy atom. The Morgan fingerprint density at radius 1 is 1.16 bits per heavy atom. The van der Waals surface area contributed by atoms with Crippen molar-refractivity contribution in [1.29, 1.82) is 0 Å². The molecule has 5 atom stereocenters. The van der Waals surface area contributed by atoms with Crippen molar-refractivity contribution in [2.24, 2.45) is 11.3 Å². The Labute approximate surface area is 201 Å². The Hall–Kier alpha value is -2.10. The number of allylic oxidation sites excluding steroid dienone is 1. The zero-order valence-electron chi connectivity index (χ0n) is 18.9. The van der Waals surface area contributed by atoms with Crippen molar-refractivity contribution in [2.45, 2.75) is 58.0 Å². The summed E-state index contributed by atoms with van der Waals surface area (Å²) in [5.41, 5.74) is 1.47. The van der Waals surface area contributed by atoms with Gasteiger partial charge in [0, 0.05) is 27.9 Å². The first-order valence-corrected chi connectivity index (χ1v) is 11.9. The third-order valence-electron chi connectivity index (χ3n) is 6.78. The fourth-order valence-corrected chi connectivity index (χ4v) is 5.49. The third-order valence-corrected chi connectivity index (χ3v) is 7.27. The van der Waals surface area contributed by atoms with Crippen LogP contribution < -0.4 is 0 Å². The Kier molecular flexibility index (Phi) is 7.84. The number of benzene rings is 2. The van der Waals surface area contributed by atoms with Crippen LogP contribution in [-0.4, -0.2) is 23.1 Å². The molecule has 0 unspecified atom stereocenters. The summed E-state index contributed by atoms with van der Waals surface area (Å²) in [7, 11) is 0. The average Bonchev–Trinajstić information content (AvgIpc) is 2.77. The maximum Gasteiger partial charge on any atom is 0.229 e. The molecular weight excluding hydrogens is 441 g/mol. The Morgan fingerprint density at radius 3 is 2.41 bits per heavy atom. The monoisotopic (exact) mass is 471 g/mol. The first-order chi connectivity index (χ1) is 15.3. The van der Waals surface area contributed by atoms with Gasteiger partial charge >= 0.3 is 0 Å². The molecule has 0 aromatic heterocycles. The zero-order valence-corrected chi connectivity index (χ0v) is 20.4. The van der Waals surface area contributed by atoms with E-state index in [1.807, 2.05) is 74.2 Å². The topological polar surface area (TPSA) is 37.4 Å². The highest BCUT2D eigenvalue weighted by Crippen LogP contribution is 2.52. The quantitative estimate of drug-likeness (QED) is 0.300. The highest BCUT2D eigenvalue weighted by Gasteiger charge is 2.51. The molecule has 1 fully saturated rings. The van der Waals surface area contributed by atoms with E-state index in [-0.39, 0.29) is 29.8 Å². The van der Waals surface area contributed by atoms with E-state index >= 15 is 0 Å². The van der Waals surface area contributed by atoms with E-state index in [0.29, 0.717) is 29.3 Å². The van der Waals surface area contributed by atoms with Crippen molar-refractivity contribution < 1.29 is 9.59 Å². The predicted octanol–water partition coefficient (Wildman–Crippen LogP) is 7.25. The van der Waals surface area contributed by atoms with Crippen LogP contribution in [0.5, 0.6) is 0 Å². The number of likely N-dealkylation sites (tertiary alicyclic amines) is 1. The summed E-state index contributed by atoms with van der Waals surface area (Å²) in [6.07, 6.45) is 4.68. The largest absolute Gasteiger partial charge is 0.331 e. The fraction of sp³-hybridized carbons (Fsp3) is 0.407. The second kappa shape index (κ2) is 10.2. The maximum atomic E-state index is 14.1. The molecule has 1 heterocycles. The molecule has 1 amide bonds. The summed E-state index contributed by atoms with van der Waals surface area (Å²) < 4.78 is 0. The minimum atomic E-state index is -0.617. The van der Waals surface area contributed by atoms with Crippen molar-refractivity contribution in [1.82, 2.24) is 4.90 Å². The molecule has 3 rings (SSSR count). The van der Waals surface area contributed by atoms with E-state index < -0.39 is 5.41 Å². The number of nitrogens with zero attached hydrogens (tertiary/aromatic N) is 1. The molecule has 32 heavy (non-hydrogen) atoms. The first-order valence-electron chi connectivity index (χ1n) is 11.2. The smallest absolute Gasteiger partial charge is 0.229 e. The molecule has 1 aliphatic heterocycles. The van der Waals surface area contributed by atoms with Gasteiger partial charge in [-0.15, -0.1) is 6.58 Å². The summed E-state index contributed by atoms with van der Waals surface area (Å²) >= 11 is 12.6. The predicted molar refractivity (Wildman–Crippen MR) is 132 cm³/mol. The van der Waals surface area contributed by atoms with E-state index in [1.54, 1.807) is 0 Å². The van der Waals surface area contributed by atoms with Gasteiger partial charge in [-0.2, -0.15) is 0 Å².